The van der Waals surface area contributed by atoms with E-state index >= 15 is 0 Å². The van der Waals surface area contributed by atoms with Gasteiger partial charge < -0.3 is 5.73 Å². The van der Waals surface area contributed by atoms with Crippen LogP contribution < -0.4 is 5.73 Å². The van der Waals surface area contributed by atoms with E-state index in [0.717, 1.165) is 33.4 Å². The second-order valence-electron chi connectivity index (χ2n) is 4.53. The van der Waals surface area contributed by atoms with Crippen LogP contribution in [-0.2, 0) is 0 Å². The Bertz CT molecular complexity index is 760. The topological polar surface area (TPSA) is 64.7 Å². The molecule has 0 bridgehead atoms. The lowest BCUT2D eigenvalue weighted by molar-refractivity contribution is 1.06. The molecular formula is C15H14N4. The Kier molecular flexibility index (Phi) is 2.63. The van der Waals surface area contributed by atoms with Crippen LogP contribution in [0, 0.1) is 13.8 Å². The predicted molar refractivity (Wildman–Crippen MR) is 76.7 cm³/mol. The summed E-state index contributed by atoms with van der Waals surface area (Å²) in [5.74, 6) is 0.465. The van der Waals surface area contributed by atoms with Crippen LogP contribution in [0.3, 0.4) is 0 Å². The maximum absolute atomic E-state index is 6.02. The van der Waals surface area contributed by atoms with E-state index in [1.54, 1.807) is 6.20 Å². The van der Waals surface area contributed by atoms with Crippen molar-refractivity contribution in [3.8, 4) is 11.3 Å². The first-order valence-electron chi connectivity index (χ1n) is 6.10. The van der Waals surface area contributed by atoms with Gasteiger partial charge in [0, 0.05) is 23.3 Å². The van der Waals surface area contributed by atoms with Crippen molar-refractivity contribution in [1.82, 2.24) is 15.0 Å². The summed E-state index contributed by atoms with van der Waals surface area (Å²) in [5, 5.41) is 2.15. The fourth-order valence-electron chi connectivity index (χ4n) is 2.15. The number of nitrogens with zero attached hydrogens (tertiary/aromatic N) is 3. The van der Waals surface area contributed by atoms with Crippen molar-refractivity contribution in [3.63, 3.8) is 0 Å². The van der Waals surface area contributed by atoms with Crippen LogP contribution in [0.5, 0.6) is 0 Å². The van der Waals surface area contributed by atoms with E-state index in [4.69, 9.17) is 5.73 Å². The number of aromatic nitrogens is 3. The van der Waals surface area contributed by atoms with Crippen molar-refractivity contribution in [3.05, 3.63) is 48.0 Å². The van der Waals surface area contributed by atoms with Crippen molar-refractivity contribution in [2.24, 2.45) is 0 Å². The van der Waals surface area contributed by atoms with E-state index in [9.17, 15) is 0 Å². The first kappa shape index (κ1) is 11.6. The van der Waals surface area contributed by atoms with Gasteiger partial charge in [-0.15, -0.1) is 0 Å². The van der Waals surface area contributed by atoms with Gasteiger partial charge in [0.05, 0.1) is 11.4 Å². The van der Waals surface area contributed by atoms with Gasteiger partial charge in [0.2, 0.25) is 0 Å². The smallest absolute Gasteiger partial charge is 0.150 e. The lowest BCUT2D eigenvalue weighted by Crippen LogP contribution is -2.02. The third-order valence-electron chi connectivity index (χ3n) is 3.27. The number of aryl methyl sites for hydroxylation is 2. The average Bonchev–Trinajstić information content (AvgIpc) is 2.42. The van der Waals surface area contributed by atoms with Crippen molar-refractivity contribution >= 4 is 16.6 Å². The summed E-state index contributed by atoms with van der Waals surface area (Å²) in [6, 6.07) is 7.99. The fraction of sp³-hybridized carbons (Fsp3) is 0.133. The predicted octanol–water partition coefficient (Wildman–Crippen LogP) is 2.89. The molecule has 0 aliphatic rings. The molecule has 0 radical (unpaired) electrons. The minimum Gasteiger partial charge on any atom is -0.382 e. The maximum Gasteiger partial charge on any atom is 0.150 e. The molecule has 2 heterocycles. The Labute approximate surface area is 111 Å². The molecule has 0 unspecified atom stereocenters. The van der Waals surface area contributed by atoms with Gasteiger partial charge in [0.1, 0.15) is 11.5 Å². The molecule has 19 heavy (non-hydrogen) atoms. The zero-order valence-corrected chi connectivity index (χ0v) is 10.9. The van der Waals surface area contributed by atoms with Crippen molar-refractivity contribution in [2.75, 3.05) is 5.73 Å². The third-order valence-corrected chi connectivity index (χ3v) is 3.27. The Hall–Kier alpha value is -2.49. The van der Waals surface area contributed by atoms with Crippen LogP contribution in [0.25, 0.3) is 22.0 Å². The highest BCUT2D eigenvalue weighted by molar-refractivity contribution is 5.97. The van der Waals surface area contributed by atoms with Gasteiger partial charge in [0.25, 0.3) is 0 Å². The molecule has 4 heteroatoms. The molecule has 3 rings (SSSR count). The van der Waals surface area contributed by atoms with Crippen molar-refractivity contribution < 1.29 is 0 Å². The van der Waals surface area contributed by atoms with Gasteiger partial charge in [-0.3, -0.25) is 4.98 Å². The van der Waals surface area contributed by atoms with Crippen LogP contribution in [0.15, 0.2) is 36.7 Å². The molecule has 2 N–H and O–H groups in total. The van der Waals surface area contributed by atoms with Crippen LogP contribution in [-0.4, -0.2) is 15.0 Å². The highest BCUT2D eigenvalue weighted by atomic mass is 14.9. The fourth-order valence-corrected chi connectivity index (χ4v) is 2.15. The summed E-state index contributed by atoms with van der Waals surface area (Å²) >= 11 is 0. The number of benzene rings is 1. The summed E-state index contributed by atoms with van der Waals surface area (Å²) in [7, 11) is 0. The molecule has 4 nitrogen and oxygen atoms in total. The first-order chi connectivity index (χ1) is 9.16. The summed E-state index contributed by atoms with van der Waals surface area (Å²) in [4.78, 5) is 13.1. The number of nitrogen functional groups attached to an aromatic ring is 1. The number of nitrogens with two attached hydrogens (primary N) is 1. The second kappa shape index (κ2) is 4.31. The number of hydrogen-bond acceptors (Lipinski definition) is 4. The molecular weight excluding hydrogens is 236 g/mol. The van der Waals surface area contributed by atoms with Gasteiger partial charge >= 0.3 is 0 Å². The third kappa shape index (κ3) is 1.91. The van der Waals surface area contributed by atoms with Crippen LogP contribution >= 0.6 is 0 Å². The van der Waals surface area contributed by atoms with Gasteiger partial charge in [0.15, 0.2) is 0 Å². The van der Waals surface area contributed by atoms with Crippen LogP contribution in [0.4, 0.5) is 5.82 Å². The zero-order valence-electron chi connectivity index (χ0n) is 10.9. The van der Waals surface area contributed by atoms with Crippen LogP contribution in [0.2, 0.25) is 0 Å². The number of rotatable bonds is 1. The maximum atomic E-state index is 6.02. The minimum atomic E-state index is 0.465. The molecule has 0 saturated carbocycles. The molecule has 2 aromatic heterocycles. The van der Waals surface area contributed by atoms with Gasteiger partial charge in [-0.25, -0.2) is 9.97 Å². The largest absolute Gasteiger partial charge is 0.382 e. The number of anilines is 1. The Morgan fingerprint density at radius 2 is 1.79 bits per heavy atom. The summed E-state index contributed by atoms with van der Waals surface area (Å²) in [5.41, 5.74) is 9.52. The summed E-state index contributed by atoms with van der Waals surface area (Å²) in [6.45, 7) is 3.85. The molecule has 0 spiro atoms. The van der Waals surface area contributed by atoms with Crippen LogP contribution in [0.1, 0.15) is 11.4 Å². The van der Waals surface area contributed by atoms with E-state index in [1.807, 2.05) is 44.3 Å². The normalized spacial score (nSPS) is 10.8. The quantitative estimate of drug-likeness (QED) is 0.721. The molecule has 1 aromatic carbocycles. The zero-order chi connectivity index (χ0) is 13.4. The van der Waals surface area contributed by atoms with Gasteiger partial charge in [-0.05, 0) is 25.3 Å². The Morgan fingerprint density at radius 3 is 2.63 bits per heavy atom. The van der Waals surface area contributed by atoms with E-state index in [1.165, 1.54) is 0 Å². The first-order valence-corrected chi connectivity index (χ1v) is 6.10. The standard InChI is InChI=1S/C15H14N4/c1-9-10(2)19-15(16)14(18-9)13-5-3-4-11-8-17-7-6-12(11)13/h3-8H,1-2H3,(H2,16,19). The lowest BCUT2D eigenvalue weighted by atomic mass is 10.0. The number of pyridine rings is 1. The van der Waals surface area contributed by atoms with Gasteiger partial charge in [-0.2, -0.15) is 0 Å². The highest BCUT2D eigenvalue weighted by Gasteiger charge is 2.11. The van der Waals surface area contributed by atoms with E-state index in [2.05, 4.69) is 15.0 Å². The molecule has 94 valence electrons. The molecule has 0 aliphatic heterocycles. The Balaban J connectivity index is 2.33. The van der Waals surface area contributed by atoms with Gasteiger partial charge in [-0.1, -0.05) is 18.2 Å². The molecule has 0 amide bonds. The number of hydrogen-bond donors (Lipinski definition) is 1. The molecule has 0 fully saturated rings. The highest BCUT2D eigenvalue weighted by Crippen LogP contribution is 2.30. The van der Waals surface area contributed by atoms with Crippen molar-refractivity contribution in [1.29, 1.82) is 0 Å². The molecule has 0 saturated heterocycles. The molecule has 0 atom stereocenters. The number of fused-ring (bicyclic) bond motifs is 1. The van der Waals surface area contributed by atoms with E-state index in [-0.39, 0.29) is 0 Å². The SMILES string of the molecule is Cc1nc(N)c(-c2cccc3cnccc23)nc1C. The minimum absolute atomic E-state index is 0.465. The molecule has 3 aromatic rings. The Morgan fingerprint density at radius 1 is 1.00 bits per heavy atom. The second-order valence-corrected chi connectivity index (χ2v) is 4.53. The molecule has 0 aliphatic carbocycles. The summed E-state index contributed by atoms with van der Waals surface area (Å²) in [6.07, 6.45) is 3.61. The average molecular weight is 250 g/mol. The van der Waals surface area contributed by atoms with Crippen molar-refractivity contribution in [2.45, 2.75) is 13.8 Å². The summed E-state index contributed by atoms with van der Waals surface area (Å²) < 4.78 is 0. The monoisotopic (exact) mass is 250 g/mol. The van der Waals surface area contributed by atoms with E-state index in [0.29, 0.717) is 5.82 Å². The van der Waals surface area contributed by atoms with E-state index < -0.39 is 0 Å². The lowest BCUT2D eigenvalue weighted by Gasteiger charge is -2.10.